The zero-order valence-corrected chi connectivity index (χ0v) is 10.5. The van der Waals surface area contributed by atoms with Gasteiger partial charge in [-0.2, -0.15) is 0 Å². The molecule has 106 valence electrons. The Morgan fingerprint density at radius 1 is 1.30 bits per heavy atom. The predicted octanol–water partition coefficient (Wildman–Crippen LogP) is 0.180. The van der Waals surface area contributed by atoms with Gasteiger partial charge in [-0.05, 0) is 25.0 Å². The van der Waals surface area contributed by atoms with E-state index in [4.69, 9.17) is 5.11 Å². The third-order valence-corrected chi connectivity index (χ3v) is 2.59. The van der Waals surface area contributed by atoms with Crippen molar-refractivity contribution in [1.82, 2.24) is 15.6 Å². The van der Waals surface area contributed by atoms with Crippen LogP contribution in [-0.2, 0) is 4.79 Å². The first-order valence-electron chi connectivity index (χ1n) is 6.08. The molecule has 1 fully saturated rings. The number of carboxylic acids is 1. The molecule has 1 heterocycles. The second-order valence-electron chi connectivity index (χ2n) is 4.39. The standard InChI is InChI=1S/C12H14N4O4/c17-10(15-7-1-2-7)6-14-12(20)16-8-3-4-9(11(18)19)13-5-8/h3-5,7H,1-2,6H2,(H,15,17)(H,18,19)(H2,14,16,20). The van der Waals surface area contributed by atoms with Crippen molar-refractivity contribution in [3.05, 3.63) is 24.0 Å². The Morgan fingerprint density at radius 3 is 2.60 bits per heavy atom. The summed E-state index contributed by atoms with van der Waals surface area (Å²) in [6.45, 7) is -0.108. The van der Waals surface area contributed by atoms with Crippen molar-refractivity contribution in [2.45, 2.75) is 18.9 Å². The summed E-state index contributed by atoms with van der Waals surface area (Å²) in [7, 11) is 0. The summed E-state index contributed by atoms with van der Waals surface area (Å²) in [5.41, 5.74) is 0.231. The molecule has 0 spiro atoms. The molecule has 1 saturated carbocycles. The largest absolute Gasteiger partial charge is 0.477 e. The second-order valence-corrected chi connectivity index (χ2v) is 4.39. The molecule has 0 aliphatic heterocycles. The molecule has 1 aliphatic carbocycles. The molecule has 0 unspecified atom stereocenters. The quantitative estimate of drug-likeness (QED) is 0.612. The minimum absolute atomic E-state index is 0.108. The normalized spacial score (nSPS) is 13.4. The smallest absolute Gasteiger partial charge is 0.354 e. The molecule has 1 aromatic heterocycles. The summed E-state index contributed by atoms with van der Waals surface area (Å²) in [4.78, 5) is 37.1. The zero-order valence-electron chi connectivity index (χ0n) is 10.5. The number of nitrogens with zero attached hydrogens (tertiary/aromatic N) is 1. The number of hydrogen-bond donors (Lipinski definition) is 4. The molecular formula is C12H14N4O4. The number of aromatic nitrogens is 1. The van der Waals surface area contributed by atoms with E-state index in [-0.39, 0.29) is 24.2 Å². The fourth-order valence-corrected chi connectivity index (χ4v) is 1.44. The van der Waals surface area contributed by atoms with Gasteiger partial charge in [0.25, 0.3) is 0 Å². The van der Waals surface area contributed by atoms with Gasteiger partial charge >= 0.3 is 12.0 Å². The number of aromatic carboxylic acids is 1. The van der Waals surface area contributed by atoms with Crippen LogP contribution in [0.4, 0.5) is 10.5 Å². The third kappa shape index (κ3) is 4.23. The topological polar surface area (TPSA) is 120 Å². The molecule has 20 heavy (non-hydrogen) atoms. The highest BCUT2D eigenvalue weighted by molar-refractivity contribution is 5.92. The third-order valence-electron chi connectivity index (χ3n) is 2.59. The van der Waals surface area contributed by atoms with E-state index >= 15 is 0 Å². The first-order valence-corrected chi connectivity index (χ1v) is 6.08. The predicted molar refractivity (Wildman–Crippen MR) is 69.4 cm³/mol. The first-order chi connectivity index (χ1) is 9.54. The summed E-state index contributed by atoms with van der Waals surface area (Å²) >= 11 is 0. The van der Waals surface area contributed by atoms with E-state index in [2.05, 4.69) is 20.9 Å². The molecule has 3 amide bonds. The molecule has 2 rings (SSSR count). The summed E-state index contributed by atoms with van der Waals surface area (Å²) in [6, 6.07) is 2.39. The molecule has 1 aromatic rings. The average molecular weight is 278 g/mol. The van der Waals surface area contributed by atoms with Gasteiger partial charge in [-0.3, -0.25) is 4.79 Å². The maximum absolute atomic E-state index is 11.5. The molecule has 0 aromatic carbocycles. The lowest BCUT2D eigenvalue weighted by atomic mass is 10.3. The Morgan fingerprint density at radius 2 is 2.05 bits per heavy atom. The number of amides is 3. The highest BCUT2D eigenvalue weighted by atomic mass is 16.4. The molecule has 0 bridgehead atoms. The van der Waals surface area contributed by atoms with E-state index in [9.17, 15) is 14.4 Å². The van der Waals surface area contributed by atoms with E-state index in [0.717, 1.165) is 12.8 Å². The minimum Gasteiger partial charge on any atom is -0.477 e. The lowest BCUT2D eigenvalue weighted by Crippen LogP contribution is -2.39. The van der Waals surface area contributed by atoms with Crippen LogP contribution in [0, 0.1) is 0 Å². The van der Waals surface area contributed by atoms with Gasteiger partial charge < -0.3 is 21.1 Å². The van der Waals surface area contributed by atoms with E-state index < -0.39 is 12.0 Å². The molecule has 0 saturated heterocycles. The van der Waals surface area contributed by atoms with E-state index in [1.165, 1.54) is 18.3 Å². The first kappa shape index (κ1) is 13.8. The fraction of sp³-hybridized carbons (Fsp3) is 0.333. The van der Waals surface area contributed by atoms with E-state index in [1.54, 1.807) is 0 Å². The van der Waals surface area contributed by atoms with Crippen molar-refractivity contribution >= 4 is 23.6 Å². The van der Waals surface area contributed by atoms with Gasteiger partial charge in [0.15, 0.2) is 0 Å². The van der Waals surface area contributed by atoms with Gasteiger partial charge in [-0.15, -0.1) is 0 Å². The van der Waals surface area contributed by atoms with Gasteiger partial charge in [0, 0.05) is 6.04 Å². The Labute approximate surface area is 114 Å². The van der Waals surface area contributed by atoms with Crippen molar-refractivity contribution in [3.63, 3.8) is 0 Å². The van der Waals surface area contributed by atoms with Crippen molar-refractivity contribution in [2.75, 3.05) is 11.9 Å². The lowest BCUT2D eigenvalue weighted by molar-refractivity contribution is -0.120. The molecule has 1 aliphatic rings. The number of carbonyl (C=O) groups excluding carboxylic acids is 2. The number of nitrogens with one attached hydrogen (secondary N) is 3. The lowest BCUT2D eigenvalue weighted by Gasteiger charge is -2.07. The minimum atomic E-state index is -1.14. The molecule has 0 atom stereocenters. The summed E-state index contributed by atoms with van der Waals surface area (Å²) in [6.07, 6.45) is 3.20. The van der Waals surface area contributed by atoms with Crippen LogP contribution < -0.4 is 16.0 Å². The van der Waals surface area contributed by atoms with Crippen LogP contribution in [0.3, 0.4) is 0 Å². The van der Waals surface area contributed by atoms with Gasteiger partial charge in [0.2, 0.25) is 5.91 Å². The Kier molecular flexibility index (Phi) is 4.14. The van der Waals surface area contributed by atoms with E-state index in [1.807, 2.05) is 0 Å². The summed E-state index contributed by atoms with van der Waals surface area (Å²) in [5.74, 6) is -1.38. The molecule has 8 heteroatoms. The van der Waals surface area contributed by atoms with Gasteiger partial charge in [-0.1, -0.05) is 0 Å². The van der Waals surface area contributed by atoms with Crippen molar-refractivity contribution < 1.29 is 19.5 Å². The van der Waals surface area contributed by atoms with Crippen LogP contribution in [0.5, 0.6) is 0 Å². The van der Waals surface area contributed by atoms with E-state index in [0.29, 0.717) is 5.69 Å². The number of hydrogen-bond acceptors (Lipinski definition) is 4. The average Bonchev–Trinajstić information content (AvgIpc) is 3.21. The maximum atomic E-state index is 11.5. The van der Waals surface area contributed by atoms with Gasteiger partial charge in [-0.25, -0.2) is 14.6 Å². The Hall–Kier alpha value is -2.64. The SMILES string of the molecule is O=C(CNC(=O)Nc1ccc(C(=O)O)nc1)NC1CC1. The van der Waals surface area contributed by atoms with Crippen LogP contribution in [0.25, 0.3) is 0 Å². The van der Waals surface area contributed by atoms with Crippen LogP contribution in [-0.4, -0.2) is 40.6 Å². The van der Waals surface area contributed by atoms with Crippen LogP contribution in [0.2, 0.25) is 0 Å². The molecule has 4 N–H and O–H groups in total. The number of pyridine rings is 1. The molecule has 8 nitrogen and oxygen atoms in total. The van der Waals surface area contributed by atoms with Crippen LogP contribution in [0.1, 0.15) is 23.3 Å². The second kappa shape index (κ2) is 6.00. The highest BCUT2D eigenvalue weighted by Crippen LogP contribution is 2.18. The van der Waals surface area contributed by atoms with Crippen molar-refractivity contribution in [1.29, 1.82) is 0 Å². The maximum Gasteiger partial charge on any atom is 0.354 e. The van der Waals surface area contributed by atoms with Crippen LogP contribution >= 0.6 is 0 Å². The number of urea groups is 1. The fourth-order valence-electron chi connectivity index (χ4n) is 1.44. The summed E-state index contributed by atoms with van der Waals surface area (Å²) in [5, 5.41) is 16.2. The number of carbonyl (C=O) groups is 3. The number of carboxylic acid groups (broad SMARTS) is 1. The Balaban J connectivity index is 1.75. The Bertz CT molecular complexity index is 525. The molecule has 0 radical (unpaired) electrons. The zero-order chi connectivity index (χ0) is 14.5. The number of rotatable bonds is 5. The number of anilines is 1. The monoisotopic (exact) mass is 278 g/mol. The van der Waals surface area contributed by atoms with Gasteiger partial charge in [0.05, 0.1) is 18.4 Å². The van der Waals surface area contributed by atoms with Crippen LogP contribution in [0.15, 0.2) is 18.3 Å². The van der Waals surface area contributed by atoms with Gasteiger partial charge in [0.1, 0.15) is 5.69 Å². The molecular weight excluding hydrogens is 264 g/mol. The summed E-state index contributed by atoms with van der Waals surface area (Å²) < 4.78 is 0. The highest BCUT2D eigenvalue weighted by Gasteiger charge is 2.23. The van der Waals surface area contributed by atoms with Crippen molar-refractivity contribution in [2.24, 2.45) is 0 Å². The van der Waals surface area contributed by atoms with Crippen molar-refractivity contribution in [3.8, 4) is 0 Å².